The maximum Gasteiger partial charge on any atom is 0.149 e. The van der Waals surface area contributed by atoms with E-state index >= 15 is 0 Å². The van der Waals surface area contributed by atoms with E-state index in [1.165, 1.54) is 5.56 Å². The number of anilines is 2. The summed E-state index contributed by atoms with van der Waals surface area (Å²) in [5.41, 5.74) is 8.88. The largest absolute Gasteiger partial charge is 0.396 e. The van der Waals surface area contributed by atoms with E-state index < -0.39 is 0 Å². The SMILES string of the molecule is Cc1cnc(NC(C)c2ccc(Br)cc2)c(N)c1. The van der Waals surface area contributed by atoms with Gasteiger partial charge in [-0.2, -0.15) is 0 Å². The molecule has 1 aromatic heterocycles. The van der Waals surface area contributed by atoms with Crippen LogP contribution in [-0.4, -0.2) is 4.98 Å². The van der Waals surface area contributed by atoms with Crippen LogP contribution in [0.2, 0.25) is 0 Å². The molecule has 0 bridgehead atoms. The van der Waals surface area contributed by atoms with Crippen molar-refractivity contribution in [1.29, 1.82) is 0 Å². The molecular formula is C14H16BrN3. The zero-order chi connectivity index (χ0) is 13.1. The molecule has 0 aliphatic rings. The van der Waals surface area contributed by atoms with E-state index in [0.29, 0.717) is 5.69 Å². The van der Waals surface area contributed by atoms with Gasteiger partial charge in [0.25, 0.3) is 0 Å². The van der Waals surface area contributed by atoms with Crippen molar-refractivity contribution in [1.82, 2.24) is 4.98 Å². The molecule has 94 valence electrons. The minimum atomic E-state index is 0.163. The number of nitrogens with one attached hydrogen (secondary N) is 1. The van der Waals surface area contributed by atoms with Gasteiger partial charge in [0.2, 0.25) is 0 Å². The van der Waals surface area contributed by atoms with Gasteiger partial charge >= 0.3 is 0 Å². The van der Waals surface area contributed by atoms with Crippen molar-refractivity contribution in [3.63, 3.8) is 0 Å². The number of halogens is 1. The molecule has 0 aliphatic heterocycles. The molecule has 18 heavy (non-hydrogen) atoms. The van der Waals surface area contributed by atoms with Gasteiger partial charge in [-0.25, -0.2) is 4.98 Å². The van der Waals surface area contributed by atoms with Crippen molar-refractivity contribution in [3.8, 4) is 0 Å². The third-order valence-corrected chi connectivity index (χ3v) is 3.31. The summed E-state index contributed by atoms with van der Waals surface area (Å²) in [6.45, 7) is 4.06. The zero-order valence-electron chi connectivity index (χ0n) is 10.4. The first kappa shape index (κ1) is 12.9. The summed E-state index contributed by atoms with van der Waals surface area (Å²) in [4.78, 5) is 4.32. The highest BCUT2D eigenvalue weighted by molar-refractivity contribution is 9.10. The van der Waals surface area contributed by atoms with Gasteiger partial charge in [-0.1, -0.05) is 28.1 Å². The van der Waals surface area contributed by atoms with Crippen molar-refractivity contribution in [2.75, 3.05) is 11.1 Å². The summed E-state index contributed by atoms with van der Waals surface area (Å²) >= 11 is 3.43. The third kappa shape index (κ3) is 3.01. The smallest absolute Gasteiger partial charge is 0.149 e. The Morgan fingerprint density at radius 3 is 2.56 bits per heavy atom. The van der Waals surface area contributed by atoms with E-state index in [-0.39, 0.29) is 6.04 Å². The molecule has 0 saturated carbocycles. The molecule has 3 nitrogen and oxygen atoms in total. The van der Waals surface area contributed by atoms with Crippen LogP contribution in [0.5, 0.6) is 0 Å². The predicted molar refractivity (Wildman–Crippen MR) is 79.6 cm³/mol. The average molecular weight is 306 g/mol. The van der Waals surface area contributed by atoms with Crippen LogP contribution < -0.4 is 11.1 Å². The van der Waals surface area contributed by atoms with Crippen molar-refractivity contribution in [2.45, 2.75) is 19.9 Å². The fourth-order valence-electron chi connectivity index (χ4n) is 1.75. The Bertz CT molecular complexity index is 537. The minimum Gasteiger partial charge on any atom is -0.396 e. The Morgan fingerprint density at radius 1 is 1.28 bits per heavy atom. The van der Waals surface area contributed by atoms with E-state index in [9.17, 15) is 0 Å². The lowest BCUT2D eigenvalue weighted by molar-refractivity contribution is 0.875. The van der Waals surface area contributed by atoms with Crippen LogP contribution in [0, 0.1) is 6.92 Å². The second kappa shape index (κ2) is 5.40. The molecule has 0 fully saturated rings. The maximum absolute atomic E-state index is 5.94. The average Bonchev–Trinajstić information content (AvgIpc) is 2.33. The molecule has 3 N–H and O–H groups in total. The van der Waals surface area contributed by atoms with Gasteiger partial charge < -0.3 is 11.1 Å². The molecule has 1 heterocycles. The fourth-order valence-corrected chi connectivity index (χ4v) is 2.02. The summed E-state index contributed by atoms with van der Waals surface area (Å²) in [7, 11) is 0. The van der Waals surface area contributed by atoms with Crippen LogP contribution >= 0.6 is 15.9 Å². The van der Waals surface area contributed by atoms with Crippen molar-refractivity contribution in [3.05, 3.63) is 52.1 Å². The van der Waals surface area contributed by atoms with Crippen LogP contribution in [0.4, 0.5) is 11.5 Å². The number of aromatic nitrogens is 1. The topological polar surface area (TPSA) is 50.9 Å². The molecule has 2 rings (SSSR count). The first-order valence-electron chi connectivity index (χ1n) is 5.80. The molecule has 2 aromatic rings. The minimum absolute atomic E-state index is 0.163. The number of rotatable bonds is 3. The van der Waals surface area contributed by atoms with E-state index in [4.69, 9.17) is 5.73 Å². The van der Waals surface area contributed by atoms with Gasteiger partial charge in [0.15, 0.2) is 0 Å². The van der Waals surface area contributed by atoms with Crippen molar-refractivity contribution in [2.24, 2.45) is 0 Å². The highest BCUT2D eigenvalue weighted by Gasteiger charge is 2.08. The number of nitrogen functional groups attached to an aromatic ring is 1. The van der Waals surface area contributed by atoms with Crippen LogP contribution in [0.25, 0.3) is 0 Å². The van der Waals surface area contributed by atoms with Crippen LogP contribution in [0.1, 0.15) is 24.1 Å². The van der Waals surface area contributed by atoms with Gasteiger partial charge in [-0.05, 0) is 43.2 Å². The number of nitrogens with two attached hydrogens (primary N) is 1. The first-order chi connectivity index (χ1) is 8.56. The van der Waals surface area contributed by atoms with Gasteiger partial charge in [0.05, 0.1) is 11.7 Å². The lowest BCUT2D eigenvalue weighted by atomic mass is 10.1. The van der Waals surface area contributed by atoms with E-state index in [1.807, 2.05) is 31.3 Å². The molecule has 4 heteroatoms. The number of aryl methyl sites for hydroxylation is 1. The zero-order valence-corrected chi connectivity index (χ0v) is 12.0. The van der Waals surface area contributed by atoms with Gasteiger partial charge in [0.1, 0.15) is 5.82 Å². The van der Waals surface area contributed by atoms with Gasteiger partial charge in [0, 0.05) is 10.7 Å². The highest BCUT2D eigenvalue weighted by Crippen LogP contribution is 2.23. The fraction of sp³-hybridized carbons (Fsp3) is 0.214. The Labute approximate surface area is 116 Å². The summed E-state index contributed by atoms with van der Waals surface area (Å²) in [5, 5.41) is 3.32. The molecule has 0 aliphatic carbocycles. The van der Waals surface area contributed by atoms with Crippen molar-refractivity contribution >= 4 is 27.4 Å². The summed E-state index contributed by atoms with van der Waals surface area (Å²) in [6.07, 6.45) is 1.81. The Balaban J connectivity index is 2.15. The number of hydrogen-bond acceptors (Lipinski definition) is 3. The second-order valence-electron chi connectivity index (χ2n) is 4.37. The summed E-state index contributed by atoms with van der Waals surface area (Å²) < 4.78 is 1.08. The Morgan fingerprint density at radius 2 is 1.94 bits per heavy atom. The first-order valence-corrected chi connectivity index (χ1v) is 6.59. The summed E-state index contributed by atoms with van der Waals surface area (Å²) in [5.74, 6) is 0.732. The highest BCUT2D eigenvalue weighted by atomic mass is 79.9. The van der Waals surface area contributed by atoms with E-state index in [0.717, 1.165) is 15.9 Å². The maximum atomic E-state index is 5.94. The van der Waals surface area contributed by atoms with Crippen LogP contribution in [-0.2, 0) is 0 Å². The Kier molecular flexibility index (Phi) is 3.87. The number of benzene rings is 1. The molecule has 1 unspecified atom stereocenters. The molecule has 0 spiro atoms. The number of hydrogen-bond donors (Lipinski definition) is 2. The molecule has 1 aromatic carbocycles. The van der Waals surface area contributed by atoms with E-state index in [2.05, 4.69) is 45.3 Å². The monoisotopic (exact) mass is 305 g/mol. The standard InChI is InChI=1S/C14H16BrN3/c1-9-7-13(16)14(17-8-9)18-10(2)11-3-5-12(15)6-4-11/h3-8,10H,16H2,1-2H3,(H,17,18). The molecule has 0 amide bonds. The quantitative estimate of drug-likeness (QED) is 0.904. The lowest BCUT2D eigenvalue weighted by Gasteiger charge is -2.16. The van der Waals surface area contributed by atoms with Crippen LogP contribution in [0.15, 0.2) is 41.0 Å². The lowest BCUT2D eigenvalue weighted by Crippen LogP contribution is -2.09. The van der Waals surface area contributed by atoms with Crippen molar-refractivity contribution < 1.29 is 0 Å². The third-order valence-electron chi connectivity index (χ3n) is 2.78. The summed E-state index contributed by atoms with van der Waals surface area (Å²) in [6, 6.07) is 10.3. The number of pyridine rings is 1. The normalized spacial score (nSPS) is 12.2. The number of nitrogens with zero attached hydrogens (tertiary/aromatic N) is 1. The molecule has 0 saturated heterocycles. The van der Waals surface area contributed by atoms with Crippen LogP contribution in [0.3, 0.4) is 0 Å². The second-order valence-corrected chi connectivity index (χ2v) is 5.28. The van der Waals surface area contributed by atoms with Gasteiger partial charge in [-0.15, -0.1) is 0 Å². The van der Waals surface area contributed by atoms with Gasteiger partial charge in [-0.3, -0.25) is 0 Å². The molecular weight excluding hydrogens is 290 g/mol. The van der Waals surface area contributed by atoms with E-state index in [1.54, 1.807) is 0 Å². The predicted octanol–water partition coefficient (Wildman–Crippen LogP) is 3.91. The molecule has 0 radical (unpaired) electrons. The molecule has 1 atom stereocenters. The Hall–Kier alpha value is -1.55.